The molecule has 2 aromatic carbocycles. The number of benzene rings is 2. The van der Waals surface area contributed by atoms with Crippen molar-refractivity contribution in [1.82, 2.24) is 9.88 Å². The number of ether oxygens (including phenoxy) is 1. The van der Waals surface area contributed by atoms with Gasteiger partial charge in [-0.2, -0.15) is 0 Å². The Morgan fingerprint density at radius 2 is 1.81 bits per heavy atom. The number of imide groups is 1. The van der Waals surface area contributed by atoms with Crippen molar-refractivity contribution in [3.8, 4) is 5.75 Å². The largest absolute Gasteiger partial charge is 0.496 e. The number of hydrogen-bond donors (Lipinski definition) is 1. The molecule has 1 aromatic heterocycles. The van der Waals surface area contributed by atoms with Crippen molar-refractivity contribution < 1.29 is 14.3 Å². The van der Waals surface area contributed by atoms with Crippen molar-refractivity contribution in [2.24, 2.45) is 0 Å². The van der Waals surface area contributed by atoms with E-state index in [1.165, 1.54) is 12.0 Å². The lowest BCUT2D eigenvalue weighted by Crippen LogP contribution is -2.32. The first kappa shape index (κ1) is 20.6. The topological polar surface area (TPSA) is 71.5 Å². The van der Waals surface area contributed by atoms with Crippen LogP contribution in [0.5, 0.6) is 5.75 Å². The Morgan fingerprint density at radius 3 is 2.52 bits per heavy atom. The zero-order valence-electron chi connectivity index (χ0n) is 17.1. The molecule has 2 amide bonds. The van der Waals surface area contributed by atoms with Gasteiger partial charge in [0, 0.05) is 22.5 Å². The maximum absolute atomic E-state index is 13.4. The van der Waals surface area contributed by atoms with Crippen LogP contribution < -0.4 is 10.1 Å². The van der Waals surface area contributed by atoms with E-state index in [2.05, 4.69) is 10.3 Å². The Kier molecular flexibility index (Phi) is 5.73. The van der Waals surface area contributed by atoms with E-state index in [4.69, 9.17) is 16.3 Å². The van der Waals surface area contributed by atoms with Crippen molar-refractivity contribution in [3.63, 3.8) is 0 Å². The van der Waals surface area contributed by atoms with Gasteiger partial charge in [0.2, 0.25) is 0 Å². The molecule has 4 rings (SSSR count). The Hall–Kier alpha value is -3.64. The van der Waals surface area contributed by atoms with Crippen LogP contribution in [0.25, 0.3) is 5.57 Å². The third-order valence-corrected chi connectivity index (χ3v) is 5.27. The van der Waals surface area contributed by atoms with Crippen LogP contribution in [0, 0.1) is 6.92 Å². The number of anilines is 1. The molecule has 0 fully saturated rings. The first-order chi connectivity index (χ1) is 15.0. The third kappa shape index (κ3) is 4.02. The Bertz CT molecular complexity index is 1190. The summed E-state index contributed by atoms with van der Waals surface area (Å²) >= 11 is 6.07. The highest BCUT2D eigenvalue weighted by atomic mass is 35.5. The van der Waals surface area contributed by atoms with Gasteiger partial charge in [0.25, 0.3) is 11.8 Å². The molecule has 0 spiro atoms. The van der Waals surface area contributed by atoms with Crippen LogP contribution >= 0.6 is 11.6 Å². The standard InChI is InChI=1S/C24H20ClN3O3/c1-15-13-16(25)10-11-19(15)27-22-21(18-8-3-4-9-20(18)31-2)23(29)28(24(22)30)14-17-7-5-6-12-26-17/h3-13,27H,14H2,1-2H3. The fourth-order valence-corrected chi connectivity index (χ4v) is 3.72. The highest BCUT2D eigenvalue weighted by molar-refractivity contribution is 6.37. The number of rotatable bonds is 6. The molecule has 1 N–H and O–H groups in total. The lowest BCUT2D eigenvalue weighted by Gasteiger charge is -2.15. The molecular weight excluding hydrogens is 414 g/mol. The number of carbonyl (C=O) groups excluding carboxylic acids is 2. The molecule has 0 bridgehead atoms. The van der Waals surface area contributed by atoms with Crippen molar-refractivity contribution in [2.45, 2.75) is 13.5 Å². The number of aromatic nitrogens is 1. The molecule has 0 radical (unpaired) electrons. The van der Waals surface area contributed by atoms with E-state index in [9.17, 15) is 9.59 Å². The number of nitrogens with zero attached hydrogens (tertiary/aromatic N) is 2. The lowest BCUT2D eigenvalue weighted by atomic mass is 10.0. The third-order valence-electron chi connectivity index (χ3n) is 5.04. The summed E-state index contributed by atoms with van der Waals surface area (Å²) in [7, 11) is 1.53. The van der Waals surface area contributed by atoms with Gasteiger partial charge in [-0.3, -0.25) is 19.5 Å². The summed E-state index contributed by atoms with van der Waals surface area (Å²) in [5.74, 6) is -0.328. The first-order valence-corrected chi connectivity index (χ1v) is 10.0. The molecule has 0 saturated carbocycles. The van der Waals surface area contributed by atoms with Crippen LogP contribution in [0.1, 0.15) is 16.8 Å². The maximum atomic E-state index is 13.4. The van der Waals surface area contributed by atoms with Crippen molar-refractivity contribution in [1.29, 1.82) is 0 Å². The second kappa shape index (κ2) is 8.62. The number of hydrogen-bond acceptors (Lipinski definition) is 5. The van der Waals surface area contributed by atoms with Gasteiger partial charge in [-0.25, -0.2) is 0 Å². The summed E-state index contributed by atoms with van der Waals surface area (Å²) in [5, 5.41) is 3.76. The number of para-hydroxylation sites is 1. The average Bonchev–Trinajstić information content (AvgIpc) is 3.00. The van der Waals surface area contributed by atoms with Crippen LogP contribution in [0.15, 0.2) is 72.6 Å². The molecule has 156 valence electrons. The smallest absolute Gasteiger partial charge is 0.278 e. The molecular formula is C24H20ClN3O3. The molecule has 0 atom stereocenters. The minimum absolute atomic E-state index is 0.0714. The second-order valence-corrected chi connectivity index (χ2v) is 7.49. The highest BCUT2D eigenvalue weighted by Crippen LogP contribution is 2.36. The highest BCUT2D eigenvalue weighted by Gasteiger charge is 2.40. The van der Waals surface area contributed by atoms with E-state index in [0.717, 1.165) is 5.56 Å². The van der Waals surface area contributed by atoms with Gasteiger partial charge in [-0.1, -0.05) is 35.9 Å². The summed E-state index contributed by atoms with van der Waals surface area (Å²) < 4.78 is 5.46. The summed E-state index contributed by atoms with van der Waals surface area (Å²) in [6, 6.07) is 17.8. The Labute approximate surface area is 185 Å². The summed E-state index contributed by atoms with van der Waals surface area (Å²) in [6.45, 7) is 1.95. The number of amides is 2. The number of carbonyl (C=O) groups is 2. The van der Waals surface area contributed by atoms with E-state index < -0.39 is 11.8 Å². The van der Waals surface area contributed by atoms with E-state index in [-0.39, 0.29) is 17.8 Å². The van der Waals surface area contributed by atoms with Crippen LogP contribution in [-0.4, -0.2) is 28.8 Å². The quantitative estimate of drug-likeness (QED) is 0.582. The molecule has 1 aliphatic rings. The molecule has 3 aromatic rings. The van der Waals surface area contributed by atoms with Crippen molar-refractivity contribution in [2.75, 3.05) is 12.4 Å². The minimum Gasteiger partial charge on any atom is -0.496 e. The van der Waals surface area contributed by atoms with E-state index >= 15 is 0 Å². The molecule has 1 aliphatic heterocycles. The Balaban J connectivity index is 1.80. The average molecular weight is 434 g/mol. The van der Waals surface area contributed by atoms with Gasteiger partial charge in [0.15, 0.2) is 0 Å². The van der Waals surface area contributed by atoms with E-state index in [1.54, 1.807) is 54.7 Å². The molecule has 31 heavy (non-hydrogen) atoms. The van der Waals surface area contributed by atoms with Gasteiger partial charge >= 0.3 is 0 Å². The fraction of sp³-hybridized carbons (Fsp3) is 0.125. The van der Waals surface area contributed by atoms with Crippen LogP contribution in [-0.2, 0) is 16.1 Å². The molecule has 6 nitrogen and oxygen atoms in total. The number of aryl methyl sites for hydroxylation is 1. The second-order valence-electron chi connectivity index (χ2n) is 7.05. The molecule has 0 aliphatic carbocycles. The zero-order valence-corrected chi connectivity index (χ0v) is 17.8. The molecule has 7 heteroatoms. The monoisotopic (exact) mass is 433 g/mol. The van der Waals surface area contributed by atoms with Gasteiger partial charge in [-0.05, 0) is 48.9 Å². The van der Waals surface area contributed by atoms with Crippen LogP contribution in [0.2, 0.25) is 5.02 Å². The van der Waals surface area contributed by atoms with Gasteiger partial charge in [0.1, 0.15) is 11.4 Å². The first-order valence-electron chi connectivity index (χ1n) is 9.66. The van der Waals surface area contributed by atoms with Gasteiger partial charge in [0.05, 0.1) is 24.9 Å². The molecule has 0 unspecified atom stereocenters. The molecule has 0 saturated heterocycles. The normalized spacial score (nSPS) is 13.7. The SMILES string of the molecule is COc1ccccc1C1=C(Nc2ccc(Cl)cc2C)C(=O)N(Cc2ccccn2)C1=O. The Morgan fingerprint density at radius 1 is 1.03 bits per heavy atom. The van der Waals surface area contributed by atoms with Crippen molar-refractivity contribution >= 4 is 34.7 Å². The summed E-state index contributed by atoms with van der Waals surface area (Å²) in [4.78, 5) is 32.3. The fourth-order valence-electron chi connectivity index (χ4n) is 3.49. The zero-order chi connectivity index (χ0) is 22.0. The predicted molar refractivity (Wildman–Crippen MR) is 120 cm³/mol. The van der Waals surface area contributed by atoms with Gasteiger partial charge < -0.3 is 10.1 Å². The molecule has 2 heterocycles. The number of halogens is 1. The van der Waals surface area contributed by atoms with Gasteiger partial charge in [-0.15, -0.1) is 0 Å². The van der Waals surface area contributed by atoms with Crippen molar-refractivity contribution in [3.05, 3.63) is 94.4 Å². The van der Waals surface area contributed by atoms with Crippen LogP contribution in [0.4, 0.5) is 5.69 Å². The van der Waals surface area contributed by atoms with Crippen LogP contribution in [0.3, 0.4) is 0 Å². The lowest BCUT2D eigenvalue weighted by molar-refractivity contribution is -0.137. The van der Waals surface area contributed by atoms with E-state index in [1.807, 2.05) is 19.1 Å². The summed E-state index contributed by atoms with van der Waals surface area (Å²) in [5.41, 5.74) is 3.15. The summed E-state index contributed by atoms with van der Waals surface area (Å²) in [6.07, 6.45) is 1.63. The number of pyridine rings is 1. The maximum Gasteiger partial charge on any atom is 0.278 e. The van der Waals surface area contributed by atoms with E-state index in [0.29, 0.717) is 27.7 Å². The minimum atomic E-state index is -0.425. The number of nitrogens with one attached hydrogen (secondary N) is 1. The number of methoxy groups -OCH3 is 1. The predicted octanol–water partition coefficient (Wildman–Crippen LogP) is 4.44.